The summed E-state index contributed by atoms with van der Waals surface area (Å²) in [5.41, 5.74) is -0.219. The number of benzene rings is 1. The van der Waals surface area contributed by atoms with Crippen LogP contribution in [0.15, 0.2) is 18.2 Å². The number of anilines is 1. The molecule has 0 radical (unpaired) electrons. The number of nitrogens with one attached hydrogen (secondary N) is 1. The van der Waals surface area contributed by atoms with Gasteiger partial charge in [0.25, 0.3) is 5.91 Å². The number of hydrogen-bond donors (Lipinski definition) is 2. The van der Waals surface area contributed by atoms with Crippen LogP contribution in [-0.2, 0) is 10.0 Å². The molecule has 1 aliphatic carbocycles. The number of aliphatic hydroxyl groups excluding tert-OH is 1. The number of β-amino-alcohol motifs (C(OH)–C–C–N with tert-alkyl or cyclic N) is 1. The van der Waals surface area contributed by atoms with Crippen molar-refractivity contribution in [2.24, 2.45) is 5.41 Å². The summed E-state index contributed by atoms with van der Waals surface area (Å²) in [5.74, 6) is -1.10. The minimum Gasteiger partial charge on any atom is -0.391 e. The summed E-state index contributed by atoms with van der Waals surface area (Å²) in [6, 6.07) is 3.33. The van der Waals surface area contributed by atoms with Gasteiger partial charge in [0.2, 0.25) is 10.0 Å². The van der Waals surface area contributed by atoms with Gasteiger partial charge in [-0.25, -0.2) is 12.8 Å². The molecule has 1 heterocycles. The van der Waals surface area contributed by atoms with E-state index in [0.717, 1.165) is 31.2 Å². The van der Waals surface area contributed by atoms with Crippen LogP contribution >= 0.6 is 0 Å². The number of carbonyl (C=O) groups is 1. The van der Waals surface area contributed by atoms with Gasteiger partial charge < -0.3 is 10.0 Å². The maximum Gasteiger partial charge on any atom is 0.256 e. The first-order valence-electron chi connectivity index (χ1n) is 6.95. The molecule has 0 aromatic heterocycles. The van der Waals surface area contributed by atoms with Gasteiger partial charge in [-0.2, -0.15) is 0 Å². The highest BCUT2D eigenvalue weighted by Gasteiger charge is 2.55. The summed E-state index contributed by atoms with van der Waals surface area (Å²) in [6.45, 7) is 0.607. The number of nitrogens with zero attached hydrogens (tertiary/aromatic N) is 1. The summed E-state index contributed by atoms with van der Waals surface area (Å²) < 4.78 is 38.4. The summed E-state index contributed by atoms with van der Waals surface area (Å²) in [5, 5.41) is 10.0. The molecule has 3 rings (SSSR count). The second-order valence-corrected chi connectivity index (χ2v) is 7.88. The molecule has 1 aromatic rings. The Morgan fingerprint density at radius 2 is 2.14 bits per heavy atom. The third kappa shape index (κ3) is 2.80. The highest BCUT2D eigenvalue weighted by atomic mass is 32.2. The van der Waals surface area contributed by atoms with E-state index in [1.165, 1.54) is 11.0 Å². The maximum absolute atomic E-state index is 13.5. The molecule has 1 atom stereocenters. The number of likely N-dealkylation sites (tertiary alicyclic amines) is 1. The Morgan fingerprint density at radius 1 is 1.45 bits per heavy atom. The predicted octanol–water partition coefficient (Wildman–Crippen LogP) is 0.794. The van der Waals surface area contributed by atoms with Crippen molar-refractivity contribution in [3.05, 3.63) is 29.6 Å². The van der Waals surface area contributed by atoms with Crippen LogP contribution in [-0.4, -0.2) is 49.8 Å². The molecular weight excluding hydrogens is 311 g/mol. The molecule has 120 valence electrons. The number of amides is 1. The topological polar surface area (TPSA) is 86.7 Å². The van der Waals surface area contributed by atoms with Crippen molar-refractivity contribution in [3.63, 3.8) is 0 Å². The Labute approximate surface area is 128 Å². The molecular formula is C14H17FN2O4S. The molecule has 1 aliphatic heterocycles. The van der Waals surface area contributed by atoms with Crippen molar-refractivity contribution < 1.29 is 22.7 Å². The van der Waals surface area contributed by atoms with Crippen LogP contribution in [0.4, 0.5) is 10.1 Å². The van der Waals surface area contributed by atoms with Crippen molar-refractivity contribution >= 4 is 21.6 Å². The van der Waals surface area contributed by atoms with Crippen LogP contribution in [0.3, 0.4) is 0 Å². The Bertz CT molecular complexity index is 730. The molecule has 2 aliphatic rings. The lowest BCUT2D eigenvalue weighted by Gasteiger charge is -2.18. The van der Waals surface area contributed by atoms with Gasteiger partial charge in [-0.1, -0.05) is 0 Å². The lowest BCUT2D eigenvalue weighted by molar-refractivity contribution is 0.0765. The first-order chi connectivity index (χ1) is 10.2. The monoisotopic (exact) mass is 328 g/mol. The SMILES string of the molecule is CS(=O)(=O)Nc1ccc(F)cc1C(=O)N1CC(O)C2(CC2)C1. The molecule has 6 nitrogen and oxygen atoms in total. The average molecular weight is 328 g/mol. The zero-order chi connectivity index (χ0) is 16.1. The van der Waals surface area contributed by atoms with E-state index in [0.29, 0.717) is 6.54 Å². The minimum absolute atomic E-state index is 0.0418. The summed E-state index contributed by atoms with van der Waals surface area (Å²) in [6.07, 6.45) is 2.13. The van der Waals surface area contributed by atoms with Gasteiger partial charge in [-0.05, 0) is 31.0 Å². The van der Waals surface area contributed by atoms with Gasteiger partial charge >= 0.3 is 0 Å². The van der Waals surface area contributed by atoms with Crippen LogP contribution < -0.4 is 4.72 Å². The van der Waals surface area contributed by atoms with E-state index < -0.39 is 27.9 Å². The number of rotatable bonds is 3. The highest BCUT2D eigenvalue weighted by molar-refractivity contribution is 7.92. The van der Waals surface area contributed by atoms with E-state index in [1.807, 2.05) is 0 Å². The molecule has 8 heteroatoms. The predicted molar refractivity (Wildman–Crippen MR) is 78.4 cm³/mol. The molecule has 22 heavy (non-hydrogen) atoms. The van der Waals surface area contributed by atoms with Crippen LogP contribution in [0, 0.1) is 11.2 Å². The fraction of sp³-hybridized carbons (Fsp3) is 0.500. The fourth-order valence-electron chi connectivity index (χ4n) is 2.91. The van der Waals surface area contributed by atoms with Crippen molar-refractivity contribution in [2.75, 3.05) is 24.1 Å². The standard InChI is InChI=1S/C14H17FN2O4S/c1-22(20,21)16-11-3-2-9(15)6-10(11)13(19)17-7-12(18)14(8-17)4-5-14/h2-3,6,12,16,18H,4-5,7-8H2,1H3. The van der Waals surface area contributed by atoms with E-state index in [2.05, 4.69) is 4.72 Å². The minimum atomic E-state index is -3.58. The van der Waals surface area contributed by atoms with Gasteiger partial charge in [-0.3, -0.25) is 9.52 Å². The normalized spacial score (nSPS) is 22.9. The van der Waals surface area contributed by atoms with E-state index >= 15 is 0 Å². The Kier molecular flexibility index (Phi) is 3.41. The van der Waals surface area contributed by atoms with E-state index in [4.69, 9.17) is 0 Å². The van der Waals surface area contributed by atoms with Crippen LogP contribution in [0.5, 0.6) is 0 Å². The number of sulfonamides is 1. The first-order valence-corrected chi connectivity index (χ1v) is 8.84. The van der Waals surface area contributed by atoms with Gasteiger partial charge in [-0.15, -0.1) is 0 Å². The number of halogens is 1. The molecule has 0 bridgehead atoms. The number of aliphatic hydroxyl groups is 1. The third-order valence-corrected chi connectivity index (χ3v) is 4.88. The van der Waals surface area contributed by atoms with Crippen molar-refractivity contribution in [3.8, 4) is 0 Å². The lowest BCUT2D eigenvalue weighted by atomic mass is 10.0. The lowest BCUT2D eigenvalue weighted by Crippen LogP contribution is -2.30. The highest BCUT2D eigenvalue weighted by Crippen LogP contribution is 2.53. The zero-order valence-corrected chi connectivity index (χ0v) is 12.9. The zero-order valence-electron chi connectivity index (χ0n) is 12.0. The maximum atomic E-state index is 13.5. The molecule has 1 aromatic carbocycles. The van der Waals surface area contributed by atoms with Crippen molar-refractivity contribution in [2.45, 2.75) is 18.9 Å². The second-order valence-electron chi connectivity index (χ2n) is 6.13. The van der Waals surface area contributed by atoms with Crippen molar-refractivity contribution in [1.29, 1.82) is 0 Å². The average Bonchev–Trinajstić information content (AvgIpc) is 3.11. The van der Waals surface area contributed by atoms with Crippen molar-refractivity contribution in [1.82, 2.24) is 4.90 Å². The summed E-state index contributed by atoms with van der Waals surface area (Å²) >= 11 is 0. The van der Waals surface area contributed by atoms with Gasteiger partial charge in [0.1, 0.15) is 5.82 Å². The Morgan fingerprint density at radius 3 is 2.68 bits per heavy atom. The quantitative estimate of drug-likeness (QED) is 0.859. The van der Waals surface area contributed by atoms with Gasteiger partial charge in [0.05, 0.1) is 23.6 Å². The molecule has 2 fully saturated rings. The second kappa shape index (κ2) is 4.92. The first kappa shape index (κ1) is 15.2. The Balaban J connectivity index is 1.90. The van der Waals surface area contributed by atoms with Crippen LogP contribution in [0.2, 0.25) is 0 Å². The van der Waals surface area contributed by atoms with Gasteiger partial charge in [0.15, 0.2) is 0 Å². The summed E-state index contributed by atoms with van der Waals surface area (Å²) in [4.78, 5) is 14.0. The fourth-order valence-corrected chi connectivity index (χ4v) is 3.49. The van der Waals surface area contributed by atoms with E-state index in [-0.39, 0.29) is 23.2 Å². The largest absolute Gasteiger partial charge is 0.391 e. The van der Waals surface area contributed by atoms with Crippen LogP contribution in [0.25, 0.3) is 0 Å². The van der Waals surface area contributed by atoms with Crippen LogP contribution in [0.1, 0.15) is 23.2 Å². The molecule has 1 amide bonds. The van der Waals surface area contributed by atoms with E-state index in [9.17, 15) is 22.7 Å². The molecule has 1 saturated heterocycles. The molecule has 1 unspecified atom stereocenters. The third-order valence-electron chi connectivity index (χ3n) is 4.29. The van der Waals surface area contributed by atoms with E-state index in [1.54, 1.807) is 0 Å². The molecule has 1 saturated carbocycles. The Hall–Kier alpha value is -1.67. The molecule has 1 spiro atoms. The summed E-state index contributed by atoms with van der Waals surface area (Å²) in [7, 11) is -3.58. The molecule has 2 N–H and O–H groups in total. The van der Waals surface area contributed by atoms with Gasteiger partial charge in [0, 0.05) is 18.5 Å². The number of carbonyl (C=O) groups excluding carboxylic acids is 1. The number of hydrogen-bond acceptors (Lipinski definition) is 4. The smallest absolute Gasteiger partial charge is 0.256 e.